The van der Waals surface area contributed by atoms with E-state index in [0.29, 0.717) is 24.0 Å². The summed E-state index contributed by atoms with van der Waals surface area (Å²) in [6, 6.07) is 3.91. The van der Waals surface area contributed by atoms with Gasteiger partial charge >= 0.3 is 5.63 Å². The summed E-state index contributed by atoms with van der Waals surface area (Å²) in [6.45, 7) is 0.903. The molecule has 0 amide bonds. The molecule has 2 aromatic rings. The summed E-state index contributed by atoms with van der Waals surface area (Å²) >= 11 is 0. The number of phenols is 2. The van der Waals surface area contributed by atoms with Crippen LogP contribution in [0.25, 0.3) is 11.0 Å². The Morgan fingerprint density at radius 2 is 1.89 bits per heavy atom. The van der Waals surface area contributed by atoms with Gasteiger partial charge in [0, 0.05) is 30.6 Å². The molecule has 0 bridgehead atoms. The molecular weight excluding hydrogens is 250 g/mol. The van der Waals surface area contributed by atoms with E-state index in [1.807, 2.05) is 4.90 Å². The lowest BCUT2D eigenvalue weighted by Crippen LogP contribution is -2.22. The Bertz CT molecular complexity index is 649. The number of rotatable bonds is 4. The van der Waals surface area contributed by atoms with Gasteiger partial charge in [-0.1, -0.05) is 0 Å². The van der Waals surface area contributed by atoms with Crippen LogP contribution in [-0.4, -0.2) is 40.4 Å². The van der Waals surface area contributed by atoms with Crippen LogP contribution in [0.2, 0.25) is 0 Å². The van der Waals surface area contributed by atoms with E-state index in [0.717, 1.165) is 0 Å². The number of aliphatic hydroxyl groups is 1. The van der Waals surface area contributed by atoms with Crippen LogP contribution >= 0.6 is 0 Å². The number of hydrogen-bond acceptors (Lipinski definition) is 6. The topological polar surface area (TPSA) is 94.1 Å². The van der Waals surface area contributed by atoms with Crippen LogP contribution < -0.4 is 5.63 Å². The van der Waals surface area contributed by atoms with E-state index in [1.165, 1.54) is 18.2 Å². The SMILES string of the molecule is CN(CCO)Cc1cc(=O)oc2cc(O)c(O)cc12. The molecule has 0 fully saturated rings. The third-order valence-corrected chi connectivity index (χ3v) is 2.85. The van der Waals surface area contributed by atoms with Crippen molar-refractivity contribution in [3.63, 3.8) is 0 Å². The predicted molar refractivity (Wildman–Crippen MR) is 69.2 cm³/mol. The standard InChI is InChI=1S/C13H15NO5/c1-14(2-3-15)7-8-4-13(18)19-12-6-11(17)10(16)5-9(8)12/h4-6,15-17H,2-3,7H2,1H3. The normalized spacial score (nSPS) is 11.3. The summed E-state index contributed by atoms with van der Waals surface area (Å²) < 4.78 is 4.99. The first kappa shape index (κ1) is 13.4. The van der Waals surface area contributed by atoms with Crippen LogP contribution in [0.4, 0.5) is 0 Å². The molecule has 0 unspecified atom stereocenters. The summed E-state index contributed by atoms with van der Waals surface area (Å²) in [7, 11) is 1.80. The van der Waals surface area contributed by atoms with E-state index in [2.05, 4.69) is 0 Å². The first-order valence-corrected chi connectivity index (χ1v) is 5.79. The maximum absolute atomic E-state index is 11.5. The average molecular weight is 265 g/mol. The van der Waals surface area contributed by atoms with E-state index in [4.69, 9.17) is 9.52 Å². The molecule has 0 radical (unpaired) electrons. The highest BCUT2D eigenvalue weighted by Crippen LogP contribution is 2.31. The van der Waals surface area contributed by atoms with Gasteiger partial charge in [-0.15, -0.1) is 0 Å². The molecule has 0 saturated heterocycles. The Kier molecular flexibility index (Phi) is 3.73. The van der Waals surface area contributed by atoms with Crippen molar-refractivity contribution in [1.82, 2.24) is 4.90 Å². The minimum Gasteiger partial charge on any atom is -0.504 e. The van der Waals surface area contributed by atoms with Crippen LogP contribution in [0.1, 0.15) is 5.56 Å². The zero-order valence-electron chi connectivity index (χ0n) is 10.5. The van der Waals surface area contributed by atoms with E-state index in [1.54, 1.807) is 7.05 Å². The van der Waals surface area contributed by atoms with Crippen LogP contribution in [0.3, 0.4) is 0 Å². The van der Waals surface area contributed by atoms with Crippen LogP contribution in [0.15, 0.2) is 27.4 Å². The molecule has 2 rings (SSSR count). The van der Waals surface area contributed by atoms with Crippen molar-refractivity contribution in [2.75, 3.05) is 20.2 Å². The lowest BCUT2D eigenvalue weighted by Gasteiger charge is -2.16. The fourth-order valence-electron chi connectivity index (χ4n) is 1.92. The van der Waals surface area contributed by atoms with Crippen molar-refractivity contribution in [1.29, 1.82) is 0 Å². The maximum Gasteiger partial charge on any atom is 0.336 e. The highest BCUT2D eigenvalue weighted by atomic mass is 16.4. The number of aliphatic hydroxyl groups excluding tert-OH is 1. The third-order valence-electron chi connectivity index (χ3n) is 2.85. The van der Waals surface area contributed by atoms with Crippen LogP contribution in [0.5, 0.6) is 11.5 Å². The fourth-order valence-corrected chi connectivity index (χ4v) is 1.92. The van der Waals surface area contributed by atoms with Crippen molar-refractivity contribution in [3.05, 3.63) is 34.2 Å². The summed E-state index contributed by atoms with van der Waals surface area (Å²) in [5.41, 5.74) is 0.359. The van der Waals surface area contributed by atoms with Gasteiger partial charge < -0.3 is 19.7 Å². The quantitative estimate of drug-likeness (QED) is 0.554. The smallest absolute Gasteiger partial charge is 0.336 e. The minimum absolute atomic E-state index is 0.0158. The molecule has 0 saturated carbocycles. The molecule has 1 aromatic carbocycles. The highest BCUT2D eigenvalue weighted by Gasteiger charge is 2.11. The number of aromatic hydroxyl groups is 2. The number of hydrogen-bond donors (Lipinski definition) is 3. The monoisotopic (exact) mass is 265 g/mol. The molecule has 0 aliphatic carbocycles. The lowest BCUT2D eigenvalue weighted by atomic mass is 10.1. The predicted octanol–water partition coefficient (Wildman–Crippen LogP) is 0.628. The van der Waals surface area contributed by atoms with E-state index < -0.39 is 5.63 Å². The van der Waals surface area contributed by atoms with Gasteiger partial charge in [-0.2, -0.15) is 0 Å². The number of fused-ring (bicyclic) bond motifs is 1. The Hall–Kier alpha value is -2.05. The van der Waals surface area contributed by atoms with Crippen molar-refractivity contribution in [2.24, 2.45) is 0 Å². The molecule has 3 N–H and O–H groups in total. The molecule has 0 spiro atoms. The Balaban J connectivity index is 2.53. The molecular formula is C13H15NO5. The molecule has 19 heavy (non-hydrogen) atoms. The summed E-state index contributed by atoms with van der Waals surface area (Å²) in [5, 5.41) is 28.4. The third kappa shape index (κ3) is 2.86. The zero-order valence-corrected chi connectivity index (χ0v) is 10.5. The lowest BCUT2D eigenvalue weighted by molar-refractivity contribution is 0.217. The Labute approximate surface area is 109 Å². The summed E-state index contributed by atoms with van der Waals surface area (Å²) in [6.07, 6.45) is 0. The van der Waals surface area contributed by atoms with E-state index >= 15 is 0 Å². The number of phenolic OH excluding ortho intramolecular Hbond substituents is 2. The van der Waals surface area contributed by atoms with Gasteiger partial charge in [0.15, 0.2) is 11.5 Å². The van der Waals surface area contributed by atoms with E-state index in [-0.39, 0.29) is 23.7 Å². The highest BCUT2D eigenvalue weighted by molar-refractivity contribution is 5.83. The fraction of sp³-hybridized carbons (Fsp3) is 0.308. The van der Waals surface area contributed by atoms with Gasteiger partial charge in [0.25, 0.3) is 0 Å². The van der Waals surface area contributed by atoms with Crippen molar-refractivity contribution in [3.8, 4) is 11.5 Å². The second kappa shape index (κ2) is 5.29. The number of likely N-dealkylation sites (N-methyl/N-ethyl adjacent to an activating group) is 1. The minimum atomic E-state index is -0.523. The first-order chi connectivity index (χ1) is 9.01. The second-order valence-electron chi connectivity index (χ2n) is 4.39. The Morgan fingerprint density at radius 1 is 1.21 bits per heavy atom. The molecule has 0 aliphatic heterocycles. The average Bonchev–Trinajstić information content (AvgIpc) is 2.32. The molecule has 102 valence electrons. The van der Waals surface area contributed by atoms with Gasteiger partial charge in [-0.3, -0.25) is 4.90 Å². The number of benzene rings is 1. The molecule has 1 heterocycles. The summed E-state index contributed by atoms with van der Waals surface area (Å²) in [4.78, 5) is 13.3. The molecule has 6 nitrogen and oxygen atoms in total. The molecule has 0 atom stereocenters. The Morgan fingerprint density at radius 3 is 2.58 bits per heavy atom. The maximum atomic E-state index is 11.5. The molecule has 6 heteroatoms. The van der Waals surface area contributed by atoms with Gasteiger partial charge in [-0.05, 0) is 18.7 Å². The van der Waals surface area contributed by atoms with Crippen molar-refractivity contribution >= 4 is 11.0 Å². The van der Waals surface area contributed by atoms with Gasteiger partial charge in [0.05, 0.1) is 6.61 Å². The molecule has 0 aliphatic rings. The largest absolute Gasteiger partial charge is 0.504 e. The van der Waals surface area contributed by atoms with Crippen LogP contribution in [-0.2, 0) is 6.54 Å². The van der Waals surface area contributed by atoms with Crippen molar-refractivity contribution in [2.45, 2.75) is 6.54 Å². The van der Waals surface area contributed by atoms with Gasteiger partial charge in [-0.25, -0.2) is 4.79 Å². The zero-order chi connectivity index (χ0) is 14.0. The van der Waals surface area contributed by atoms with Crippen LogP contribution in [0, 0.1) is 0 Å². The molecule has 1 aromatic heterocycles. The number of nitrogens with zero attached hydrogens (tertiary/aromatic N) is 1. The van der Waals surface area contributed by atoms with Gasteiger partial charge in [0.1, 0.15) is 5.58 Å². The second-order valence-corrected chi connectivity index (χ2v) is 4.39. The van der Waals surface area contributed by atoms with Gasteiger partial charge in [0.2, 0.25) is 0 Å². The summed E-state index contributed by atoms with van der Waals surface area (Å²) in [5.74, 6) is -0.607. The van der Waals surface area contributed by atoms with Crippen molar-refractivity contribution < 1.29 is 19.7 Å². The van der Waals surface area contributed by atoms with E-state index in [9.17, 15) is 15.0 Å². The first-order valence-electron chi connectivity index (χ1n) is 5.79.